The maximum absolute atomic E-state index is 5.72. The fourth-order valence-corrected chi connectivity index (χ4v) is 2.12. The van der Waals surface area contributed by atoms with Gasteiger partial charge in [0.2, 0.25) is 5.89 Å². The molecule has 0 radical (unpaired) electrons. The van der Waals surface area contributed by atoms with Gasteiger partial charge in [-0.2, -0.15) is 0 Å². The molecule has 1 aromatic carbocycles. The number of hydrogen-bond donors (Lipinski definition) is 0. The Hall–Kier alpha value is -1.68. The summed E-state index contributed by atoms with van der Waals surface area (Å²) >= 11 is 3.44. The maximum Gasteiger partial charge on any atom is 0.228 e. The van der Waals surface area contributed by atoms with Crippen molar-refractivity contribution in [2.24, 2.45) is 0 Å². The Morgan fingerprint density at radius 1 is 1.24 bits per heavy atom. The van der Waals surface area contributed by atoms with Gasteiger partial charge in [-0.15, -0.1) is 0 Å². The second kappa shape index (κ2) is 3.96. The molecule has 2 aromatic heterocycles. The minimum atomic E-state index is 0.611. The van der Waals surface area contributed by atoms with Crippen LogP contribution in [0.5, 0.6) is 0 Å². The highest BCUT2D eigenvalue weighted by atomic mass is 79.9. The Labute approximate surface area is 107 Å². The normalized spacial score (nSPS) is 10.9. The average Bonchev–Trinajstić information content (AvgIpc) is 2.72. The summed E-state index contributed by atoms with van der Waals surface area (Å²) in [6.07, 6.45) is 3.45. The van der Waals surface area contributed by atoms with Crippen molar-refractivity contribution in [3.63, 3.8) is 0 Å². The lowest BCUT2D eigenvalue weighted by atomic mass is 10.2. The van der Waals surface area contributed by atoms with Crippen LogP contribution in [0.15, 0.2) is 45.5 Å². The molecule has 0 spiro atoms. The third-order valence-corrected chi connectivity index (χ3v) is 3.18. The van der Waals surface area contributed by atoms with Crippen molar-refractivity contribution in [2.45, 2.75) is 6.92 Å². The lowest BCUT2D eigenvalue weighted by Crippen LogP contribution is -1.80. The molecule has 0 aliphatic carbocycles. The molecule has 4 heteroatoms. The van der Waals surface area contributed by atoms with E-state index in [1.165, 1.54) is 5.56 Å². The first-order valence-electron chi connectivity index (χ1n) is 5.21. The molecule has 0 aliphatic rings. The maximum atomic E-state index is 5.72. The van der Waals surface area contributed by atoms with Crippen LogP contribution in [0.3, 0.4) is 0 Å². The second-order valence-electron chi connectivity index (χ2n) is 3.85. The summed E-state index contributed by atoms with van der Waals surface area (Å²) in [5.74, 6) is 0.611. The van der Waals surface area contributed by atoms with Crippen LogP contribution in [0.2, 0.25) is 0 Å². The number of oxazole rings is 1. The highest BCUT2D eigenvalue weighted by molar-refractivity contribution is 9.10. The van der Waals surface area contributed by atoms with Crippen LogP contribution in [-0.2, 0) is 0 Å². The van der Waals surface area contributed by atoms with Crippen molar-refractivity contribution in [3.8, 4) is 11.5 Å². The summed E-state index contributed by atoms with van der Waals surface area (Å²) in [6.45, 7) is 2.04. The quantitative estimate of drug-likeness (QED) is 0.680. The molecule has 2 heterocycles. The smallest absolute Gasteiger partial charge is 0.228 e. The largest absolute Gasteiger partial charge is 0.436 e. The number of pyridine rings is 1. The molecule has 0 saturated heterocycles. The van der Waals surface area contributed by atoms with Crippen molar-refractivity contribution in [2.75, 3.05) is 0 Å². The molecule has 17 heavy (non-hydrogen) atoms. The molecular formula is C13H9BrN2O. The van der Waals surface area contributed by atoms with Crippen LogP contribution in [0.25, 0.3) is 22.6 Å². The average molecular weight is 289 g/mol. The Morgan fingerprint density at radius 3 is 2.94 bits per heavy atom. The van der Waals surface area contributed by atoms with Gasteiger partial charge in [-0.1, -0.05) is 6.07 Å². The summed E-state index contributed by atoms with van der Waals surface area (Å²) in [6, 6.07) is 7.84. The monoisotopic (exact) mass is 288 g/mol. The summed E-state index contributed by atoms with van der Waals surface area (Å²) in [5.41, 5.74) is 3.76. The zero-order valence-corrected chi connectivity index (χ0v) is 10.7. The van der Waals surface area contributed by atoms with Crippen LogP contribution in [0.1, 0.15) is 5.56 Å². The number of benzene rings is 1. The van der Waals surface area contributed by atoms with Gasteiger partial charge in [0.15, 0.2) is 5.58 Å². The Balaban J connectivity index is 2.22. The van der Waals surface area contributed by atoms with Crippen molar-refractivity contribution in [1.29, 1.82) is 0 Å². The highest BCUT2D eigenvalue weighted by Crippen LogP contribution is 2.29. The van der Waals surface area contributed by atoms with Gasteiger partial charge in [0.1, 0.15) is 5.52 Å². The first kappa shape index (κ1) is 10.5. The summed E-state index contributed by atoms with van der Waals surface area (Å²) in [7, 11) is 0. The summed E-state index contributed by atoms with van der Waals surface area (Å²) in [4.78, 5) is 8.50. The van der Waals surface area contributed by atoms with Crippen LogP contribution in [0, 0.1) is 6.92 Å². The number of aryl methyl sites for hydroxylation is 1. The first-order chi connectivity index (χ1) is 8.24. The molecule has 0 unspecified atom stereocenters. The van der Waals surface area contributed by atoms with E-state index in [1.54, 1.807) is 12.4 Å². The zero-order chi connectivity index (χ0) is 11.8. The van der Waals surface area contributed by atoms with Crippen molar-refractivity contribution in [1.82, 2.24) is 9.97 Å². The van der Waals surface area contributed by atoms with E-state index in [4.69, 9.17) is 4.42 Å². The molecular weight excluding hydrogens is 280 g/mol. The summed E-state index contributed by atoms with van der Waals surface area (Å²) < 4.78 is 6.60. The third kappa shape index (κ3) is 1.85. The number of aromatic nitrogens is 2. The van der Waals surface area contributed by atoms with E-state index in [0.29, 0.717) is 5.89 Å². The van der Waals surface area contributed by atoms with E-state index in [9.17, 15) is 0 Å². The SMILES string of the molecule is Cc1ccc2oc(-c3ccncc3Br)nc2c1. The molecule has 3 aromatic rings. The molecule has 0 atom stereocenters. The van der Waals surface area contributed by atoms with Gasteiger partial charge >= 0.3 is 0 Å². The number of fused-ring (bicyclic) bond motifs is 1. The van der Waals surface area contributed by atoms with E-state index < -0.39 is 0 Å². The predicted octanol–water partition coefficient (Wildman–Crippen LogP) is 3.96. The Morgan fingerprint density at radius 2 is 2.12 bits per heavy atom. The van der Waals surface area contributed by atoms with Gasteiger partial charge in [0.05, 0.1) is 5.56 Å². The summed E-state index contributed by atoms with van der Waals surface area (Å²) in [5, 5.41) is 0. The van der Waals surface area contributed by atoms with Gasteiger partial charge < -0.3 is 4.42 Å². The van der Waals surface area contributed by atoms with Crippen LogP contribution < -0.4 is 0 Å². The van der Waals surface area contributed by atoms with E-state index in [2.05, 4.69) is 25.9 Å². The lowest BCUT2D eigenvalue weighted by molar-refractivity contribution is 0.619. The standard InChI is InChI=1S/C13H9BrN2O/c1-8-2-3-12-11(6-8)16-13(17-12)9-4-5-15-7-10(9)14/h2-7H,1H3. The number of rotatable bonds is 1. The minimum Gasteiger partial charge on any atom is -0.436 e. The molecule has 0 bridgehead atoms. The minimum absolute atomic E-state index is 0.611. The van der Waals surface area contributed by atoms with Crippen LogP contribution in [0.4, 0.5) is 0 Å². The highest BCUT2D eigenvalue weighted by Gasteiger charge is 2.10. The topological polar surface area (TPSA) is 38.9 Å². The van der Waals surface area contributed by atoms with E-state index in [-0.39, 0.29) is 0 Å². The zero-order valence-electron chi connectivity index (χ0n) is 9.14. The molecule has 0 aliphatic heterocycles. The van der Waals surface area contributed by atoms with Gasteiger partial charge in [-0.25, -0.2) is 4.98 Å². The van der Waals surface area contributed by atoms with Crippen molar-refractivity contribution in [3.05, 3.63) is 46.7 Å². The van der Waals surface area contributed by atoms with Crippen molar-refractivity contribution < 1.29 is 4.42 Å². The van der Waals surface area contributed by atoms with E-state index >= 15 is 0 Å². The van der Waals surface area contributed by atoms with Crippen molar-refractivity contribution >= 4 is 27.0 Å². The third-order valence-electron chi connectivity index (χ3n) is 2.55. The molecule has 0 N–H and O–H groups in total. The van der Waals surface area contributed by atoms with Gasteiger partial charge in [0.25, 0.3) is 0 Å². The fourth-order valence-electron chi connectivity index (χ4n) is 1.70. The molecule has 3 nitrogen and oxygen atoms in total. The predicted molar refractivity (Wildman–Crippen MR) is 69.7 cm³/mol. The van der Waals surface area contributed by atoms with Gasteiger partial charge in [-0.05, 0) is 46.6 Å². The van der Waals surface area contributed by atoms with E-state index in [0.717, 1.165) is 21.1 Å². The van der Waals surface area contributed by atoms with Gasteiger partial charge in [-0.3, -0.25) is 4.98 Å². The van der Waals surface area contributed by atoms with Gasteiger partial charge in [0, 0.05) is 16.9 Å². The number of hydrogen-bond acceptors (Lipinski definition) is 3. The number of nitrogens with zero attached hydrogens (tertiary/aromatic N) is 2. The Bertz CT molecular complexity index is 691. The Kier molecular flexibility index (Phi) is 2.44. The molecule has 84 valence electrons. The first-order valence-corrected chi connectivity index (χ1v) is 6.00. The van der Waals surface area contributed by atoms with Crippen LogP contribution in [-0.4, -0.2) is 9.97 Å². The second-order valence-corrected chi connectivity index (χ2v) is 4.70. The molecule has 3 rings (SSSR count). The lowest BCUT2D eigenvalue weighted by Gasteiger charge is -1.96. The van der Waals surface area contributed by atoms with Crippen LogP contribution >= 0.6 is 15.9 Å². The number of halogens is 1. The molecule has 0 fully saturated rings. The molecule has 0 saturated carbocycles. The fraction of sp³-hybridized carbons (Fsp3) is 0.0769. The van der Waals surface area contributed by atoms with E-state index in [1.807, 2.05) is 31.2 Å². The molecule has 0 amide bonds.